The molecular weight excluding hydrogens is 318 g/mol. The maximum absolute atomic E-state index is 12.0. The zero-order chi connectivity index (χ0) is 18.4. The van der Waals surface area contributed by atoms with Crippen LogP contribution < -0.4 is 21.5 Å². The van der Waals surface area contributed by atoms with Gasteiger partial charge in [-0.2, -0.15) is 5.26 Å². The largest absolute Gasteiger partial charge is 0.492 e. The number of aromatic nitrogens is 1. The summed E-state index contributed by atoms with van der Waals surface area (Å²) >= 11 is 0. The molecule has 0 aliphatic carbocycles. The fraction of sp³-hybridized carbons (Fsp3) is 0.278. The third kappa shape index (κ3) is 3.87. The number of aryl methyl sites for hydroxylation is 1. The molecule has 0 unspecified atom stereocenters. The van der Waals surface area contributed by atoms with E-state index in [4.69, 9.17) is 16.2 Å². The van der Waals surface area contributed by atoms with E-state index < -0.39 is 0 Å². The average molecular weight is 339 g/mol. The van der Waals surface area contributed by atoms with Crippen LogP contribution in [-0.2, 0) is 11.2 Å². The number of nitrogens with one attached hydrogen (secondary N) is 1. The highest BCUT2D eigenvalue weighted by Crippen LogP contribution is 2.34. The van der Waals surface area contributed by atoms with Gasteiger partial charge in [-0.1, -0.05) is 13.0 Å². The number of amides is 1. The molecule has 130 valence electrons. The minimum atomic E-state index is -0.331. The summed E-state index contributed by atoms with van der Waals surface area (Å²) < 4.78 is 5.61. The number of nitrogens with two attached hydrogens (primary N) is 2. The lowest BCUT2D eigenvalue weighted by atomic mass is 10.0. The van der Waals surface area contributed by atoms with Crippen molar-refractivity contribution in [1.82, 2.24) is 4.98 Å². The molecular formula is C18H21N5O2. The summed E-state index contributed by atoms with van der Waals surface area (Å²) in [6, 6.07) is 5.50. The first kappa shape index (κ1) is 18.2. The van der Waals surface area contributed by atoms with Crippen LogP contribution in [0.2, 0.25) is 0 Å². The summed E-state index contributed by atoms with van der Waals surface area (Å²) in [5.41, 5.74) is 13.9. The van der Waals surface area contributed by atoms with Crippen LogP contribution in [0.15, 0.2) is 24.3 Å². The Bertz CT molecular complexity index is 868. The van der Waals surface area contributed by atoms with Crippen molar-refractivity contribution in [3.8, 4) is 11.8 Å². The van der Waals surface area contributed by atoms with Crippen molar-refractivity contribution in [2.24, 2.45) is 5.73 Å². The number of fused-ring (bicyclic) bond motifs is 1. The molecule has 0 atom stereocenters. The van der Waals surface area contributed by atoms with Crippen molar-refractivity contribution in [1.29, 1.82) is 5.26 Å². The van der Waals surface area contributed by atoms with Gasteiger partial charge < -0.3 is 21.5 Å². The van der Waals surface area contributed by atoms with Crippen molar-refractivity contribution in [2.45, 2.75) is 20.3 Å². The molecule has 0 aliphatic heterocycles. The van der Waals surface area contributed by atoms with Gasteiger partial charge in [-0.05, 0) is 19.4 Å². The second-order valence-corrected chi connectivity index (χ2v) is 5.24. The van der Waals surface area contributed by atoms with E-state index in [1.165, 1.54) is 6.08 Å². The molecule has 1 aromatic heterocycles. The third-order valence-corrected chi connectivity index (χ3v) is 3.61. The molecule has 0 bridgehead atoms. The quantitative estimate of drug-likeness (QED) is 0.692. The SMILES string of the molecule is CCOc1cc2nc(CC)c(C#N)c(N)c2cc1NC(=O)/C=C/CN. The summed E-state index contributed by atoms with van der Waals surface area (Å²) in [6.07, 6.45) is 3.49. The van der Waals surface area contributed by atoms with E-state index in [1.807, 2.05) is 13.8 Å². The number of pyridine rings is 1. The summed E-state index contributed by atoms with van der Waals surface area (Å²) in [6.45, 7) is 4.46. The lowest BCUT2D eigenvalue weighted by Crippen LogP contribution is -2.11. The van der Waals surface area contributed by atoms with Gasteiger partial charge >= 0.3 is 0 Å². The highest BCUT2D eigenvalue weighted by Gasteiger charge is 2.16. The van der Waals surface area contributed by atoms with Crippen LogP contribution >= 0.6 is 0 Å². The van der Waals surface area contributed by atoms with Gasteiger partial charge in [-0.25, -0.2) is 0 Å². The Hall–Kier alpha value is -3.11. The fourth-order valence-corrected chi connectivity index (χ4v) is 2.47. The maximum Gasteiger partial charge on any atom is 0.248 e. The Morgan fingerprint density at radius 3 is 2.80 bits per heavy atom. The second-order valence-electron chi connectivity index (χ2n) is 5.24. The van der Waals surface area contributed by atoms with E-state index in [1.54, 1.807) is 18.2 Å². The predicted molar refractivity (Wildman–Crippen MR) is 98.2 cm³/mol. The smallest absolute Gasteiger partial charge is 0.248 e. The van der Waals surface area contributed by atoms with Gasteiger partial charge in [0.1, 0.15) is 11.8 Å². The van der Waals surface area contributed by atoms with Crippen molar-refractivity contribution in [3.05, 3.63) is 35.5 Å². The van der Waals surface area contributed by atoms with Gasteiger partial charge in [0.15, 0.2) is 0 Å². The number of benzene rings is 1. The van der Waals surface area contributed by atoms with Crippen LogP contribution in [-0.4, -0.2) is 24.0 Å². The minimum Gasteiger partial charge on any atom is -0.492 e. The number of ether oxygens (including phenoxy) is 1. The van der Waals surface area contributed by atoms with Crippen molar-refractivity contribution < 1.29 is 9.53 Å². The predicted octanol–water partition coefficient (Wildman–Crippen LogP) is 2.10. The molecule has 0 spiro atoms. The highest BCUT2D eigenvalue weighted by atomic mass is 16.5. The lowest BCUT2D eigenvalue weighted by molar-refractivity contribution is -0.111. The molecule has 7 nitrogen and oxygen atoms in total. The van der Waals surface area contributed by atoms with E-state index in [9.17, 15) is 10.1 Å². The number of rotatable bonds is 6. The molecule has 1 heterocycles. The molecule has 1 aromatic carbocycles. The van der Waals surface area contributed by atoms with Crippen molar-refractivity contribution in [2.75, 3.05) is 24.2 Å². The molecule has 0 saturated carbocycles. The number of carbonyl (C=O) groups excluding carboxylic acids is 1. The van der Waals surface area contributed by atoms with Gasteiger partial charge in [0.05, 0.1) is 34.8 Å². The van der Waals surface area contributed by atoms with Crippen LogP contribution in [0.25, 0.3) is 10.9 Å². The van der Waals surface area contributed by atoms with Crippen LogP contribution in [0.3, 0.4) is 0 Å². The maximum atomic E-state index is 12.0. The Balaban J connectivity index is 2.62. The first-order chi connectivity index (χ1) is 12.0. The summed E-state index contributed by atoms with van der Waals surface area (Å²) in [4.78, 5) is 16.5. The fourth-order valence-electron chi connectivity index (χ4n) is 2.47. The molecule has 5 N–H and O–H groups in total. The minimum absolute atomic E-state index is 0.269. The Morgan fingerprint density at radius 2 is 2.20 bits per heavy atom. The molecule has 0 fully saturated rings. The first-order valence-corrected chi connectivity index (χ1v) is 8.02. The van der Waals surface area contributed by atoms with Crippen LogP contribution in [0, 0.1) is 11.3 Å². The molecule has 7 heteroatoms. The van der Waals surface area contributed by atoms with Crippen LogP contribution in [0.1, 0.15) is 25.1 Å². The standard InChI is InChI=1S/C18H21N5O2/c1-3-13-12(10-20)18(21)11-8-15(23-17(24)6-5-7-19)16(25-4-2)9-14(11)22-13/h5-6,8-9H,3-4,7,19H2,1-2H3,(H2,21,22)(H,23,24)/b6-5+. The number of nitrogens with zero attached hydrogens (tertiary/aromatic N) is 2. The van der Waals surface area contributed by atoms with E-state index in [0.29, 0.717) is 52.3 Å². The Labute approximate surface area is 146 Å². The van der Waals surface area contributed by atoms with Gasteiger partial charge in [-0.15, -0.1) is 0 Å². The molecule has 2 aromatic rings. The zero-order valence-corrected chi connectivity index (χ0v) is 14.3. The topological polar surface area (TPSA) is 127 Å². The molecule has 1 amide bonds. The summed E-state index contributed by atoms with van der Waals surface area (Å²) in [5, 5.41) is 12.7. The van der Waals surface area contributed by atoms with E-state index in [2.05, 4.69) is 16.4 Å². The number of hydrogen-bond acceptors (Lipinski definition) is 6. The highest BCUT2D eigenvalue weighted by molar-refractivity contribution is 6.04. The van der Waals surface area contributed by atoms with Gasteiger partial charge in [-0.3, -0.25) is 9.78 Å². The molecule has 0 saturated heterocycles. The number of anilines is 2. The van der Waals surface area contributed by atoms with Gasteiger partial charge in [0, 0.05) is 24.1 Å². The number of nitriles is 1. The number of nitrogen functional groups attached to an aromatic ring is 1. The van der Waals surface area contributed by atoms with E-state index in [-0.39, 0.29) is 12.5 Å². The second kappa shape index (κ2) is 8.13. The molecule has 0 aliphatic rings. The summed E-state index contributed by atoms with van der Waals surface area (Å²) in [5.74, 6) is 0.158. The normalized spacial score (nSPS) is 10.8. The Morgan fingerprint density at radius 1 is 1.44 bits per heavy atom. The third-order valence-electron chi connectivity index (χ3n) is 3.61. The summed E-state index contributed by atoms with van der Waals surface area (Å²) in [7, 11) is 0. The number of hydrogen-bond donors (Lipinski definition) is 3. The Kier molecular flexibility index (Phi) is 5.93. The molecule has 25 heavy (non-hydrogen) atoms. The van der Waals surface area contributed by atoms with E-state index >= 15 is 0 Å². The average Bonchev–Trinajstić information content (AvgIpc) is 2.61. The zero-order valence-electron chi connectivity index (χ0n) is 14.3. The number of carbonyl (C=O) groups is 1. The molecule has 2 rings (SSSR count). The lowest BCUT2D eigenvalue weighted by Gasteiger charge is -2.14. The first-order valence-electron chi connectivity index (χ1n) is 8.02. The van der Waals surface area contributed by atoms with Gasteiger partial charge in [0.25, 0.3) is 0 Å². The van der Waals surface area contributed by atoms with Crippen molar-refractivity contribution in [3.63, 3.8) is 0 Å². The molecule has 0 radical (unpaired) electrons. The van der Waals surface area contributed by atoms with E-state index in [0.717, 1.165) is 0 Å². The van der Waals surface area contributed by atoms with Crippen LogP contribution in [0.4, 0.5) is 11.4 Å². The monoisotopic (exact) mass is 339 g/mol. The van der Waals surface area contributed by atoms with Gasteiger partial charge in [0.2, 0.25) is 5.91 Å². The van der Waals surface area contributed by atoms with Crippen molar-refractivity contribution >= 4 is 28.2 Å². The van der Waals surface area contributed by atoms with Crippen LogP contribution in [0.5, 0.6) is 5.75 Å².